The summed E-state index contributed by atoms with van der Waals surface area (Å²) in [7, 11) is 3.25. The molecule has 2 heterocycles. The summed E-state index contributed by atoms with van der Waals surface area (Å²) in [6, 6.07) is 17.9. The first-order chi connectivity index (χ1) is 20.6. The Kier molecular flexibility index (Phi) is 14.2. The van der Waals surface area contributed by atoms with E-state index in [-0.39, 0.29) is 5.91 Å². The summed E-state index contributed by atoms with van der Waals surface area (Å²) < 4.78 is 5.98. The molecule has 1 saturated heterocycles. The molecular formula is C32H44N6O5. The number of methoxy groups -OCH3 is 1. The number of anilines is 1. The van der Waals surface area contributed by atoms with Gasteiger partial charge >= 0.3 is 0 Å². The van der Waals surface area contributed by atoms with Crippen LogP contribution in [0.4, 0.5) is 5.82 Å². The minimum atomic E-state index is -1.13. The van der Waals surface area contributed by atoms with E-state index in [0.717, 1.165) is 37.1 Å². The topological polar surface area (TPSA) is 149 Å². The fourth-order valence-electron chi connectivity index (χ4n) is 4.51. The molecule has 4 rings (SSSR count). The zero-order valence-electron chi connectivity index (χ0n) is 25.5. The number of carbonyl (C=O) groups excluding carboxylic acids is 4. The molecular weight excluding hydrogens is 548 g/mol. The van der Waals surface area contributed by atoms with Crippen LogP contribution in [-0.4, -0.2) is 77.9 Å². The summed E-state index contributed by atoms with van der Waals surface area (Å²) in [6.45, 7) is 6.66. The summed E-state index contributed by atoms with van der Waals surface area (Å²) in [6.07, 6.45) is 6.19. The molecule has 0 aliphatic carbocycles. The van der Waals surface area contributed by atoms with Gasteiger partial charge in [0.05, 0.1) is 11.9 Å². The van der Waals surface area contributed by atoms with Crippen LogP contribution in [-0.2, 0) is 30.3 Å². The van der Waals surface area contributed by atoms with Crippen molar-refractivity contribution in [1.82, 2.24) is 19.8 Å². The van der Waals surface area contributed by atoms with Crippen molar-refractivity contribution in [3.05, 3.63) is 84.3 Å². The van der Waals surface area contributed by atoms with Crippen molar-refractivity contribution >= 4 is 30.3 Å². The first kappa shape index (κ1) is 34.8. The first-order valence-corrected chi connectivity index (χ1v) is 14.1. The van der Waals surface area contributed by atoms with E-state index in [9.17, 15) is 14.4 Å². The molecule has 1 aromatic heterocycles. The highest BCUT2D eigenvalue weighted by molar-refractivity contribution is 5.98. The summed E-state index contributed by atoms with van der Waals surface area (Å²) in [5.74, 6) is -0.513. The van der Waals surface area contributed by atoms with Gasteiger partial charge in [0.25, 0.3) is 0 Å². The largest absolute Gasteiger partial charge is 0.388 e. The molecule has 4 N–H and O–H groups in total. The number of benzene rings is 2. The highest BCUT2D eigenvalue weighted by Gasteiger charge is 2.31. The van der Waals surface area contributed by atoms with Crippen LogP contribution in [0.25, 0.3) is 0 Å². The van der Waals surface area contributed by atoms with Gasteiger partial charge in [-0.15, -0.1) is 0 Å². The van der Waals surface area contributed by atoms with Crippen LogP contribution in [0.1, 0.15) is 50.3 Å². The Bertz CT molecular complexity index is 1270. The van der Waals surface area contributed by atoms with Crippen molar-refractivity contribution in [1.29, 1.82) is 0 Å². The second-order valence-electron chi connectivity index (χ2n) is 10.7. The van der Waals surface area contributed by atoms with Gasteiger partial charge in [-0.05, 0) is 50.7 Å². The smallest absolute Gasteiger partial charge is 0.250 e. The number of hydrogen-bond donors (Lipinski definition) is 3. The van der Waals surface area contributed by atoms with E-state index < -0.39 is 29.4 Å². The van der Waals surface area contributed by atoms with E-state index in [1.807, 2.05) is 72.4 Å². The zero-order chi connectivity index (χ0) is 31.8. The normalized spacial score (nSPS) is 13.8. The molecule has 1 fully saturated rings. The summed E-state index contributed by atoms with van der Waals surface area (Å²) in [4.78, 5) is 53.6. The maximum Gasteiger partial charge on any atom is 0.250 e. The van der Waals surface area contributed by atoms with Gasteiger partial charge in [0.15, 0.2) is 5.82 Å². The Morgan fingerprint density at radius 3 is 2.12 bits per heavy atom. The van der Waals surface area contributed by atoms with E-state index in [1.54, 1.807) is 45.2 Å². The molecule has 0 bridgehead atoms. The molecule has 3 amide bonds. The van der Waals surface area contributed by atoms with Crippen molar-refractivity contribution < 1.29 is 23.9 Å². The Hall–Kier alpha value is -4.35. The number of carbonyl (C=O) groups is 4. The Balaban J connectivity index is 0.00000121. The molecule has 0 radical (unpaired) electrons. The van der Waals surface area contributed by atoms with Gasteiger partial charge in [-0.3, -0.25) is 14.4 Å². The first-order valence-electron chi connectivity index (χ1n) is 14.1. The maximum absolute atomic E-state index is 13.5. The van der Waals surface area contributed by atoms with Crippen LogP contribution >= 0.6 is 0 Å². The predicted molar refractivity (Wildman–Crippen MR) is 166 cm³/mol. The second kappa shape index (κ2) is 17.6. The molecule has 0 spiro atoms. The fourth-order valence-corrected chi connectivity index (χ4v) is 4.51. The summed E-state index contributed by atoms with van der Waals surface area (Å²) in [5.41, 5.74) is 6.73. The monoisotopic (exact) mass is 592 g/mol. The van der Waals surface area contributed by atoms with E-state index in [1.165, 1.54) is 0 Å². The second-order valence-corrected chi connectivity index (χ2v) is 10.7. The zero-order valence-corrected chi connectivity index (χ0v) is 25.5. The number of aryl methyl sites for hydroxylation is 1. The van der Waals surface area contributed by atoms with Crippen molar-refractivity contribution in [2.45, 2.75) is 57.2 Å². The molecule has 43 heavy (non-hydrogen) atoms. The quantitative estimate of drug-likeness (QED) is 0.328. The standard InChI is InChI=1S/C29H36N6O3.C2H6O.CH2O/c1-29(2,30)28(38)32-23(16-15-21-11-5-3-6-12-21)26(36)33-24-19-35(20-31-24)25(22-13-7-4-8-14-22)27(37)34-17-9-10-18-34;1-3-2;1-2/h3-8,11-14,19-20,23,25H,9-10,15-18,30H2,1-2H3,(H,32,38)(H,33,36);1-2H3;1H2. The number of nitrogens with two attached hydrogens (primary N) is 1. The Morgan fingerprint density at radius 1 is 1.00 bits per heavy atom. The van der Waals surface area contributed by atoms with Gasteiger partial charge in [0, 0.05) is 33.5 Å². The predicted octanol–water partition coefficient (Wildman–Crippen LogP) is 2.97. The number of amides is 3. The van der Waals surface area contributed by atoms with Gasteiger partial charge < -0.3 is 35.4 Å². The lowest BCUT2D eigenvalue weighted by Gasteiger charge is -2.24. The number of nitrogens with zero attached hydrogens (tertiary/aromatic N) is 3. The molecule has 2 unspecified atom stereocenters. The van der Waals surface area contributed by atoms with Gasteiger partial charge in [-0.25, -0.2) is 4.98 Å². The lowest BCUT2D eigenvalue weighted by atomic mass is 10.0. The number of imidazole rings is 1. The number of aromatic nitrogens is 2. The average molecular weight is 593 g/mol. The molecule has 1 aliphatic rings. The number of ether oxygens (including phenoxy) is 1. The fraction of sp³-hybridized carbons (Fsp3) is 0.406. The summed E-state index contributed by atoms with van der Waals surface area (Å²) in [5, 5.41) is 5.61. The number of likely N-dealkylation sites (tertiary alicyclic amines) is 1. The van der Waals surface area contributed by atoms with E-state index in [0.29, 0.717) is 18.7 Å². The molecule has 2 aromatic carbocycles. The van der Waals surface area contributed by atoms with Gasteiger partial charge in [0.2, 0.25) is 17.7 Å². The molecule has 1 aliphatic heterocycles. The Morgan fingerprint density at radius 2 is 1.56 bits per heavy atom. The number of rotatable bonds is 10. The van der Waals surface area contributed by atoms with Crippen LogP contribution in [0, 0.1) is 0 Å². The average Bonchev–Trinajstić information content (AvgIpc) is 3.70. The highest BCUT2D eigenvalue weighted by atomic mass is 16.4. The molecule has 11 nitrogen and oxygen atoms in total. The SMILES string of the molecule is C=O.CC(C)(N)C(=O)NC(CCc1ccccc1)C(=O)Nc1cn(C(C(=O)N2CCCC2)c2ccccc2)cn1.COC. The van der Waals surface area contributed by atoms with Crippen LogP contribution in [0.15, 0.2) is 73.2 Å². The third kappa shape index (κ3) is 10.8. The van der Waals surface area contributed by atoms with Crippen LogP contribution in [0.3, 0.4) is 0 Å². The van der Waals surface area contributed by atoms with Crippen LogP contribution in [0.5, 0.6) is 0 Å². The molecule has 0 saturated carbocycles. The van der Waals surface area contributed by atoms with Crippen molar-refractivity contribution in [2.24, 2.45) is 5.73 Å². The molecule has 11 heteroatoms. The van der Waals surface area contributed by atoms with E-state index in [2.05, 4.69) is 20.4 Å². The van der Waals surface area contributed by atoms with Gasteiger partial charge in [-0.1, -0.05) is 60.7 Å². The Labute approximate surface area is 253 Å². The highest BCUT2D eigenvalue weighted by Crippen LogP contribution is 2.24. The third-order valence-corrected chi connectivity index (χ3v) is 6.69. The molecule has 3 aromatic rings. The lowest BCUT2D eigenvalue weighted by molar-refractivity contribution is -0.132. The van der Waals surface area contributed by atoms with Crippen LogP contribution < -0.4 is 16.4 Å². The van der Waals surface area contributed by atoms with Gasteiger partial charge in [-0.2, -0.15) is 0 Å². The van der Waals surface area contributed by atoms with Crippen molar-refractivity contribution in [2.75, 3.05) is 32.6 Å². The molecule has 2 atom stereocenters. The van der Waals surface area contributed by atoms with Crippen molar-refractivity contribution in [3.63, 3.8) is 0 Å². The minimum Gasteiger partial charge on any atom is -0.388 e. The van der Waals surface area contributed by atoms with E-state index in [4.69, 9.17) is 10.5 Å². The minimum absolute atomic E-state index is 0.00200. The van der Waals surface area contributed by atoms with Crippen LogP contribution in [0.2, 0.25) is 0 Å². The third-order valence-electron chi connectivity index (χ3n) is 6.69. The van der Waals surface area contributed by atoms with E-state index >= 15 is 0 Å². The van der Waals surface area contributed by atoms with Crippen molar-refractivity contribution in [3.8, 4) is 0 Å². The maximum atomic E-state index is 13.5. The molecule has 232 valence electrons. The number of hydrogen-bond acceptors (Lipinski definition) is 7. The lowest BCUT2D eigenvalue weighted by Crippen LogP contribution is -2.55. The summed E-state index contributed by atoms with van der Waals surface area (Å²) >= 11 is 0. The number of nitrogens with one attached hydrogen (secondary N) is 2. The van der Waals surface area contributed by atoms with Gasteiger partial charge in [0.1, 0.15) is 18.9 Å².